The normalized spacial score (nSPS) is 10.2. The molecule has 6 heteroatoms. The van der Waals surface area contributed by atoms with Crippen LogP contribution in [0.15, 0.2) is 30.3 Å². The molecule has 0 spiro atoms. The van der Waals surface area contributed by atoms with Crippen LogP contribution in [0.4, 0.5) is 4.79 Å². The SMILES string of the molecule is COCCN(Cc1ccccc1)C(=O)NCCCCC(=O)OC. The zero-order chi connectivity index (χ0) is 16.9. The second-order valence-electron chi connectivity index (χ2n) is 5.17. The molecule has 2 amide bonds. The number of rotatable bonds is 10. The van der Waals surface area contributed by atoms with E-state index in [1.54, 1.807) is 12.0 Å². The summed E-state index contributed by atoms with van der Waals surface area (Å²) < 4.78 is 9.65. The van der Waals surface area contributed by atoms with E-state index in [4.69, 9.17) is 4.74 Å². The molecule has 128 valence electrons. The summed E-state index contributed by atoms with van der Waals surface area (Å²) in [6.07, 6.45) is 1.82. The van der Waals surface area contributed by atoms with Crippen LogP contribution in [0.3, 0.4) is 0 Å². The van der Waals surface area contributed by atoms with Crippen molar-refractivity contribution in [2.24, 2.45) is 0 Å². The first-order chi connectivity index (χ1) is 11.2. The molecular weight excluding hydrogens is 296 g/mol. The molecule has 0 unspecified atom stereocenters. The number of hydrogen-bond acceptors (Lipinski definition) is 4. The van der Waals surface area contributed by atoms with Gasteiger partial charge in [0.1, 0.15) is 0 Å². The summed E-state index contributed by atoms with van der Waals surface area (Å²) in [6.45, 7) is 2.09. The highest BCUT2D eigenvalue weighted by Gasteiger charge is 2.13. The first-order valence-corrected chi connectivity index (χ1v) is 7.79. The van der Waals surface area contributed by atoms with Gasteiger partial charge in [-0.1, -0.05) is 30.3 Å². The molecule has 0 radical (unpaired) electrons. The molecule has 0 aromatic heterocycles. The number of nitrogens with zero attached hydrogens (tertiary/aromatic N) is 1. The lowest BCUT2D eigenvalue weighted by molar-refractivity contribution is -0.140. The minimum atomic E-state index is -0.220. The van der Waals surface area contributed by atoms with Crippen LogP contribution in [0.5, 0.6) is 0 Å². The maximum Gasteiger partial charge on any atom is 0.317 e. The lowest BCUT2D eigenvalue weighted by Gasteiger charge is -2.23. The van der Waals surface area contributed by atoms with Crippen LogP contribution in [0, 0.1) is 0 Å². The molecule has 0 aliphatic rings. The smallest absolute Gasteiger partial charge is 0.317 e. The quantitative estimate of drug-likeness (QED) is 0.529. The minimum absolute atomic E-state index is 0.121. The van der Waals surface area contributed by atoms with Crippen LogP contribution < -0.4 is 5.32 Å². The van der Waals surface area contributed by atoms with Crippen LogP contribution in [0.2, 0.25) is 0 Å². The monoisotopic (exact) mass is 322 g/mol. The number of carbonyl (C=O) groups is 2. The average Bonchev–Trinajstić information content (AvgIpc) is 2.58. The minimum Gasteiger partial charge on any atom is -0.469 e. The van der Waals surface area contributed by atoms with E-state index in [1.807, 2.05) is 30.3 Å². The molecule has 1 N–H and O–H groups in total. The van der Waals surface area contributed by atoms with Crippen LogP contribution >= 0.6 is 0 Å². The van der Waals surface area contributed by atoms with Gasteiger partial charge >= 0.3 is 12.0 Å². The standard InChI is InChI=1S/C17H26N2O4/c1-22-13-12-19(14-15-8-4-3-5-9-15)17(21)18-11-7-6-10-16(20)23-2/h3-5,8-9H,6-7,10-14H2,1-2H3,(H,18,21). The van der Waals surface area contributed by atoms with Gasteiger partial charge in [-0.2, -0.15) is 0 Å². The molecule has 0 fully saturated rings. The largest absolute Gasteiger partial charge is 0.469 e. The Bertz CT molecular complexity index is 465. The Morgan fingerprint density at radius 3 is 2.52 bits per heavy atom. The van der Waals surface area contributed by atoms with Gasteiger partial charge in [0.25, 0.3) is 0 Å². The summed E-state index contributed by atoms with van der Waals surface area (Å²) >= 11 is 0. The zero-order valence-corrected chi connectivity index (χ0v) is 13.9. The maximum atomic E-state index is 12.3. The van der Waals surface area contributed by atoms with E-state index >= 15 is 0 Å². The number of carbonyl (C=O) groups excluding carboxylic acids is 2. The van der Waals surface area contributed by atoms with E-state index in [2.05, 4.69) is 10.1 Å². The third-order valence-electron chi connectivity index (χ3n) is 3.38. The summed E-state index contributed by atoms with van der Waals surface area (Å²) in [4.78, 5) is 25.0. The van der Waals surface area contributed by atoms with Gasteiger partial charge in [-0.05, 0) is 18.4 Å². The Hall–Kier alpha value is -2.08. The van der Waals surface area contributed by atoms with Gasteiger partial charge in [-0.3, -0.25) is 4.79 Å². The Morgan fingerprint density at radius 2 is 1.87 bits per heavy atom. The van der Waals surface area contributed by atoms with Crippen molar-refractivity contribution in [1.29, 1.82) is 0 Å². The van der Waals surface area contributed by atoms with Gasteiger partial charge in [-0.15, -0.1) is 0 Å². The maximum absolute atomic E-state index is 12.3. The van der Waals surface area contributed by atoms with Gasteiger partial charge in [-0.25, -0.2) is 4.79 Å². The highest BCUT2D eigenvalue weighted by molar-refractivity contribution is 5.74. The van der Waals surface area contributed by atoms with Crippen molar-refractivity contribution in [3.63, 3.8) is 0 Å². The van der Waals surface area contributed by atoms with E-state index in [9.17, 15) is 9.59 Å². The number of ether oxygens (including phenoxy) is 2. The van der Waals surface area contributed by atoms with E-state index in [0.717, 1.165) is 12.0 Å². The van der Waals surface area contributed by atoms with Crippen molar-refractivity contribution in [3.05, 3.63) is 35.9 Å². The molecule has 0 aliphatic heterocycles. The summed E-state index contributed by atoms with van der Waals surface area (Å²) in [5.41, 5.74) is 1.07. The second kappa shape index (κ2) is 11.5. The van der Waals surface area contributed by atoms with Gasteiger partial charge in [0.05, 0.1) is 13.7 Å². The number of nitrogens with one attached hydrogen (secondary N) is 1. The third kappa shape index (κ3) is 8.21. The number of urea groups is 1. The van der Waals surface area contributed by atoms with Crippen molar-refractivity contribution in [2.75, 3.05) is 33.9 Å². The molecule has 1 aromatic rings. The predicted molar refractivity (Wildman–Crippen MR) is 88.0 cm³/mol. The molecule has 6 nitrogen and oxygen atoms in total. The van der Waals surface area contributed by atoms with Crippen molar-refractivity contribution < 1.29 is 19.1 Å². The van der Waals surface area contributed by atoms with Crippen molar-refractivity contribution in [3.8, 4) is 0 Å². The zero-order valence-electron chi connectivity index (χ0n) is 13.9. The molecule has 0 saturated heterocycles. The van der Waals surface area contributed by atoms with Gasteiger partial charge in [0.2, 0.25) is 0 Å². The number of hydrogen-bond donors (Lipinski definition) is 1. The number of methoxy groups -OCH3 is 2. The highest BCUT2D eigenvalue weighted by atomic mass is 16.5. The van der Waals surface area contributed by atoms with Gasteiger partial charge < -0.3 is 19.7 Å². The molecule has 1 aromatic carbocycles. The Labute approximate surface area is 137 Å². The summed E-state index contributed by atoms with van der Waals surface area (Å²) in [6, 6.07) is 9.71. The second-order valence-corrected chi connectivity index (χ2v) is 5.17. The van der Waals surface area contributed by atoms with Crippen molar-refractivity contribution >= 4 is 12.0 Å². The lowest BCUT2D eigenvalue weighted by atomic mass is 10.2. The number of amides is 2. The number of esters is 1. The average molecular weight is 322 g/mol. The van der Waals surface area contributed by atoms with Crippen LogP contribution in [0.25, 0.3) is 0 Å². The summed E-state index contributed by atoms with van der Waals surface area (Å²) in [5, 5.41) is 2.88. The van der Waals surface area contributed by atoms with E-state index in [-0.39, 0.29) is 12.0 Å². The Balaban J connectivity index is 2.38. The van der Waals surface area contributed by atoms with Crippen LogP contribution in [-0.4, -0.2) is 50.8 Å². The number of unbranched alkanes of at least 4 members (excludes halogenated alkanes) is 1. The number of benzene rings is 1. The van der Waals surface area contributed by atoms with E-state index in [0.29, 0.717) is 39.1 Å². The Morgan fingerprint density at radius 1 is 1.13 bits per heavy atom. The summed E-state index contributed by atoms with van der Waals surface area (Å²) in [7, 11) is 2.99. The fraction of sp³-hybridized carbons (Fsp3) is 0.529. The predicted octanol–water partition coefficient (Wildman–Crippen LogP) is 2.19. The molecule has 1 rings (SSSR count). The topological polar surface area (TPSA) is 67.9 Å². The van der Waals surface area contributed by atoms with Crippen LogP contribution in [-0.2, 0) is 20.8 Å². The molecular formula is C17H26N2O4. The Kier molecular flexibility index (Phi) is 9.47. The molecule has 0 aliphatic carbocycles. The van der Waals surface area contributed by atoms with Gasteiger partial charge in [0, 0.05) is 33.2 Å². The molecule has 0 bridgehead atoms. The van der Waals surface area contributed by atoms with Crippen molar-refractivity contribution in [2.45, 2.75) is 25.8 Å². The highest BCUT2D eigenvalue weighted by Crippen LogP contribution is 2.05. The van der Waals surface area contributed by atoms with Crippen molar-refractivity contribution in [1.82, 2.24) is 10.2 Å². The fourth-order valence-electron chi connectivity index (χ4n) is 2.06. The lowest BCUT2D eigenvalue weighted by Crippen LogP contribution is -2.41. The van der Waals surface area contributed by atoms with Crippen LogP contribution in [0.1, 0.15) is 24.8 Å². The molecule has 0 heterocycles. The molecule has 0 atom stereocenters. The first-order valence-electron chi connectivity index (χ1n) is 7.79. The van der Waals surface area contributed by atoms with E-state index in [1.165, 1.54) is 7.11 Å². The molecule has 0 saturated carbocycles. The third-order valence-corrected chi connectivity index (χ3v) is 3.38. The first kappa shape index (κ1) is 19.0. The van der Waals surface area contributed by atoms with Gasteiger partial charge in [0.15, 0.2) is 0 Å². The van der Waals surface area contributed by atoms with E-state index < -0.39 is 0 Å². The summed E-state index contributed by atoms with van der Waals surface area (Å²) in [5.74, 6) is -0.220. The molecule has 23 heavy (non-hydrogen) atoms. The fourth-order valence-corrected chi connectivity index (χ4v) is 2.06.